The molecular weight excluding hydrogens is 314 g/mol. The fourth-order valence-corrected chi connectivity index (χ4v) is 2.60. The van der Waals surface area contributed by atoms with Crippen LogP contribution in [-0.2, 0) is 4.79 Å². The van der Waals surface area contributed by atoms with Gasteiger partial charge in [-0.15, -0.1) is 0 Å². The predicted octanol–water partition coefficient (Wildman–Crippen LogP) is 3.84. The van der Waals surface area contributed by atoms with E-state index in [9.17, 15) is 9.59 Å². The van der Waals surface area contributed by atoms with Crippen molar-refractivity contribution in [1.82, 2.24) is 5.32 Å². The number of nitrogens with one attached hydrogen (secondary N) is 2. The van der Waals surface area contributed by atoms with Crippen molar-refractivity contribution in [2.45, 2.75) is 13.3 Å². The molecule has 1 heterocycles. The maximum absolute atomic E-state index is 12.0. The van der Waals surface area contributed by atoms with Crippen LogP contribution in [0.2, 0.25) is 5.02 Å². The molecule has 3 rings (SSSR count). The van der Waals surface area contributed by atoms with E-state index in [4.69, 9.17) is 11.6 Å². The first-order valence-electron chi connectivity index (χ1n) is 7.27. The Morgan fingerprint density at radius 3 is 2.48 bits per heavy atom. The van der Waals surface area contributed by atoms with Gasteiger partial charge in [-0.2, -0.15) is 0 Å². The first-order chi connectivity index (χ1) is 11.0. The van der Waals surface area contributed by atoms with E-state index in [1.807, 2.05) is 49.4 Å². The van der Waals surface area contributed by atoms with Crippen molar-refractivity contribution < 1.29 is 9.59 Å². The molecule has 0 aromatic heterocycles. The summed E-state index contributed by atoms with van der Waals surface area (Å²) in [7, 11) is 0. The van der Waals surface area contributed by atoms with Crippen LogP contribution in [0.5, 0.6) is 0 Å². The SMILES string of the molecule is Cc1ccc(Nc2ccc(Cl)cc2)cc1N1CCC(=O)NC1=O. The van der Waals surface area contributed by atoms with E-state index >= 15 is 0 Å². The van der Waals surface area contributed by atoms with Crippen molar-refractivity contribution in [3.8, 4) is 0 Å². The van der Waals surface area contributed by atoms with Crippen LogP contribution < -0.4 is 15.5 Å². The van der Waals surface area contributed by atoms with E-state index in [1.165, 1.54) is 0 Å². The molecule has 1 fully saturated rings. The van der Waals surface area contributed by atoms with Gasteiger partial charge >= 0.3 is 6.03 Å². The number of nitrogens with zero attached hydrogens (tertiary/aromatic N) is 1. The highest BCUT2D eigenvalue weighted by Gasteiger charge is 2.25. The fraction of sp³-hybridized carbons (Fsp3) is 0.176. The molecule has 0 radical (unpaired) electrons. The Bertz CT molecular complexity index is 759. The minimum Gasteiger partial charge on any atom is -0.355 e. The van der Waals surface area contributed by atoms with Gasteiger partial charge in [-0.25, -0.2) is 4.79 Å². The minimum absolute atomic E-state index is 0.237. The molecule has 118 valence electrons. The third-order valence-electron chi connectivity index (χ3n) is 3.69. The number of imide groups is 1. The molecule has 0 bridgehead atoms. The van der Waals surface area contributed by atoms with Gasteiger partial charge in [-0.05, 0) is 48.9 Å². The van der Waals surface area contributed by atoms with Crippen LogP contribution in [0.1, 0.15) is 12.0 Å². The molecule has 0 saturated carbocycles. The number of amides is 3. The lowest BCUT2D eigenvalue weighted by molar-refractivity contribution is -0.120. The Balaban J connectivity index is 1.85. The van der Waals surface area contributed by atoms with Crippen LogP contribution in [-0.4, -0.2) is 18.5 Å². The topological polar surface area (TPSA) is 61.4 Å². The van der Waals surface area contributed by atoms with Crippen LogP contribution in [0.25, 0.3) is 0 Å². The summed E-state index contributed by atoms with van der Waals surface area (Å²) in [5.41, 5.74) is 3.52. The van der Waals surface area contributed by atoms with E-state index < -0.39 is 0 Å². The second-order valence-corrected chi connectivity index (χ2v) is 5.82. The molecule has 23 heavy (non-hydrogen) atoms. The van der Waals surface area contributed by atoms with Gasteiger partial charge in [0.05, 0.1) is 5.69 Å². The molecule has 6 heteroatoms. The number of carbonyl (C=O) groups excluding carboxylic acids is 2. The molecule has 1 saturated heterocycles. The van der Waals surface area contributed by atoms with Crippen LogP contribution in [0.4, 0.5) is 21.9 Å². The number of halogens is 1. The van der Waals surface area contributed by atoms with Crippen molar-refractivity contribution in [2.24, 2.45) is 0 Å². The highest BCUT2D eigenvalue weighted by Crippen LogP contribution is 2.28. The molecule has 0 atom stereocenters. The zero-order chi connectivity index (χ0) is 16.4. The molecule has 2 N–H and O–H groups in total. The molecular formula is C17H16ClN3O2. The van der Waals surface area contributed by atoms with E-state index in [2.05, 4.69) is 10.6 Å². The summed E-state index contributed by atoms with van der Waals surface area (Å²) in [5.74, 6) is -0.237. The Kier molecular flexibility index (Phi) is 4.21. The fourth-order valence-electron chi connectivity index (χ4n) is 2.47. The first kappa shape index (κ1) is 15.4. The summed E-state index contributed by atoms with van der Waals surface area (Å²) >= 11 is 5.88. The van der Waals surface area contributed by atoms with Gasteiger partial charge in [0.1, 0.15) is 0 Å². The van der Waals surface area contributed by atoms with Crippen molar-refractivity contribution in [3.05, 3.63) is 53.1 Å². The largest absolute Gasteiger partial charge is 0.355 e. The highest BCUT2D eigenvalue weighted by molar-refractivity contribution is 6.30. The smallest absolute Gasteiger partial charge is 0.328 e. The molecule has 2 aromatic carbocycles. The Labute approximate surface area is 139 Å². The average Bonchev–Trinajstić information content (AvgIpc) is 2.52. The second kappa shape index (κ2) is 6.30. The highest BCUT2D eigenvalue weighted by atomic mass is 35.5. The molecule has 2 aromatic rings. The average molecular weight is 330 g/mol. The molecule has 1 aliphatic rings. The Morgan fingerprint density at radius 2 is 1.78 bits per heavy atom. The quantitative estimate of drug-likeness (QED) is 0.899. The number of carbonyl (C=O) groups is 2. The molecule has 0 unspecified atom stereocenters. The molecule has 0 spiro atoms. The molecule has 0 aliphatic carbocycles. The van der Waals surface area contributed by atoms with Crippen molar-refractivity contribution in [3.63, 3.8) is 0 Å². The van der Waals surface area contributed by atoms with E-state index in [0.717, 1.165) is 22.6 Å². The van der Waals surface area contributed by atoms with E-state index in [0.29, 0.717) is 18.0 Å². The summed E-state index contributed by atoms with van der Waals surface area (Å²) in [4.78, 5) is 24.9. The van der Waals surface area contributed by atoms with E-state index in [-0.39, 0.29) is 11.9 Å². The second-order valence-electron chi connectivity index (χ2n) is 5.39. The van der Waals surface area contributed by atoms with E-state index in [1.54, 1.807) is 4.90 Å². The number of urea groups is 1. The van der Waals surface area contributed by atoms with Gasteiger partial charge in [0.15, 0.2) is 0 Å². The van der Waals surface area contributed by atoms with Gasteiger partial charge in [0.25, 0.3) is 0 Å². The molecule has 3 amide bonds. The van der Waals surface area contributed by atoms with Gasteiger partial charge in [0.2, 0.25) is 5.91 Å². The number of anilines is 3. The lowest BCUT2D eigenvalue weighted by Gasteiger charge is -2.28. The van der Waals surface area contributed by atoms with Gasteiger partial charge < -0.3 is 5.32 Å². The van der Waals surface area contributed by atoms with Crippen molar-refractivity contribution in [2.75, 3.05) is 16.8 Å². The van der Waals surface area contributed by atoms with Crippen LogP contribution in [0.3, 0.4) is 0 Å². The van der Waals surface area contributed by atoms with Gasteiger partial charge in [-0.3, -0.25) is 15.0 Å². The predicted molar refractivity (Wildman–Crippen MR) is 91.4 cm³/mol. The van der Waals surface area contributed by atoms with Gasteiger partial charge in [-0.1, -0.05) is 17.7 Å². The van der Waals surface area contributed by atoms with Crippen molar-refractivity contribution >= 4 is 40.6 Å². The molecule has 1 aliphatic heterocycles. The van der Waals surface area contributed by atoms with Crippen molar-refractivity contribution in [1.29, 1.82) is 0 Å². The maximum Gasteiger partial charge on any atom is 0.328 e. The monoisotopic (exact) mass is 329 g/mol. The normalized spacial score (nSPS) is 14.6. The third-order valence-corrected chi connectivity index (χ3v) is 3.94. The Hall–Kier alpha value is -2.53. The third kappa shape index (κ3) is 3.46. The van der Waals surface area contributed by atoms with Crippen LogP contribution >= 0.6 is 11.6 Å². The van der Waals surface area contributed by atoms with Gasteiger partial charge in [0, 0.05) is 29.4 Å². The molecule has 5 nitrogen and oxygen atoms in total. The summed E-state index contributed by atoms with van der Waals surface area (Å²) in [5, 5.41) is 6.30. The first-order valence-corrected chi connectivity index (χ1v) is 7.65. The number of hydrogen-bond acceptors (Lipinski definition) is 3. The number of rotatable bonds is 3. The summed E-state index contributed by atoms with van der Waals surface area (Å²) in [6.07, 6.45) is 0.306. The summed E-state index contributed by atoms with van der Waals surface area (Å²) in [6, 6.07) is 12.8. The number of hydrogen-bond donors (Lipinski definition) is 2. The maximum atomic E-state index is 12.0. The van der Waals surface area contributed by atoms with Crippen LogP contribution in [0, 0.1) is 6.92 Å². The summed E-state index contributed by atoms with van der Waals surface area (Å²) < 4.78 is 0. The number of benzene rings is 2. The van der Waals surface area contributed by atoms with Crippen LogP contribution in [0.15, 0.2) is 42.5 Å². The zero-order valence-corrected chi connectivity index (χ0v) is 13.4. The zero-order valence-electron chi connectivity index (χ0n) is 12.6. The minimum atomic E-state index is -0.381. The summed E-state index contributed by atoms with van der Waals surface area (Å²) in [6.45, 7) is 2.32. The Morgan fingerprint density at radius 1 is 1.09 bits per heavy atom. The number of aryl methyl sites for hydroxylation is 1. The standard InChI is InChI=1S/C17H16ClN3O2/c1-11-2-5-14(19-13-6-3-12(18)4-7-13)10-15(11)21-9-8-16(22)20-17(21)23/h2-7,10,19H,8-9H2,1H3,(H,20,22,23). The lowest BCUT2D eigenvalue weighted by Crippen LogP contribution is -2.49. The lowest BCUT2D eigenvalue weighted by atomic mass is 10.1.